The van der Waals surface area contributed by atoms with Crippen molar-refractivity contribution in [2.24, 2.45) is 0 Å². The van der Waals surface area contributed by atoms with Crippen molar-refractivity contribution in [2.75, 3.05) is 0 Å². The molecule has 0 saturated carbocycles. The van der Waals surface area contributed by atoms with Crippen LogP contribution < -0.4 is 0 Å². The lowest BCUT2D eigenvalue weighted by Gasteiger charge is -1.99. The van der Waals surface area contributed by atoms with E-state index in [0.29, 0.717) is 0 Å². The topological polar surface area (TPSA) is 12.9 Å². The molecule has 2 aromatic carbocycles. The quantitative estimate of drug-likeness (QED) is 0.458. The van der Waals surface area contributed by atoms with Gasteiger partial charge in [-0.2, -0.15) is 0 Å². The van der Waals surface area contributed by atoms with Gasteiger partial charge in [0.15, 0.2) is 0 Å². The van der Waals surface area contributed by atoms with E-state index in [4.69, 9.17) is 0 Å². The number of benzene rings is 2. The van der Waals surface area contributed by atoms with Crippen LogP contribution in [-0.2, 0) is 0 Å². The molecular weight excluding hydrogens is 293 g/mol. The normalized spacial score (nSPS) is 11.0. The van der Waals surface area contributed by atoms with Crippen molar-refractivity contribution in [1.29, 1.82) is 0 Å². The molecule has 0 spiro atoms. The first-order valence-corrected chi connectivity index (χ1v) is 7.82. The Morgan fingerprint density at radius 2 is 1.59 bits per heavy atom. The maximum absolute atomic E-state index is 13.0. The minimum atomic E-state index is -0.210. The number of hydrogen-bond donors (Lipinski definition) is 0. The van der Waals surface area contributed by atoms with Gasteiger partial charge in [-0.25, -0.2) is 4.39 Å². The Morgan fingerprint density at radius 3 is 2.36 bits per heavy atom. The Bertz CT molecular complexity index is 927. The van der Waals surface area contributed by atoms with Crippen molar-refractivity contribution in [1.82, 2.24) is 4.98 Å². The number of fused-ring (bicyclic) bond motifs is 1. The lowest BCUT2D eigenvalue weighted by Crippen LogP contribution is -1.81. The SMILES string of the molecule is Fc1ccc(-c2cc3cnc(-c4ccccc4)cc3s2)cc1. The molecule has 0 N–H and O–H groups in total. The molecule has 0 radical (unpaired) electrons. The van der Waals surface area contributed by atoms with Gasteiger partial charge in [-0.3, -0.25) is 4.98 Å². The van der Waals surface area contributed by atoms with E-state index >= 15 is 0 Å². The van der Waals surface area contributed by atoms with Crippen LogP contribution in [0.15, 0.2) is 72.9 Å². The second-order valence-electron chi connectivity index (χ2n) is 5.09. The summed E-state index contributed by atoms with van der Waals surface area (Å²) in [5.74, 6) is -0.210. The lowest BCUT2D eigenvalue weighted by atomic mass is 10.1. The second kappa shape index (κ2) is 5.35. The van der Waals surface area contributed by atoms with E-state index in [1.807, 2.05) is 36.5 Å². The summed E-state index contributed by atoms with van der Waals surface area (Å²) in [5.41, 5.74) is 3.12. The van der Waals surface area contributed by atoms with Gasteiger partial charge < -0.3 is 0 Å². The highest BCUT2D eigenvalue weighted by molar-refractivity contribution is 7.22. The number of thiophene rings is 1. The van der Waals surface area contributed by atoms with Crippen LogP contribution in [0.3, 0.4) is 0 Å². The van der Waals surface area contributed by atoms with Gasteiger partial charge in [-0.1, -0.05) is 42.5 Å². The fourth-order valence-electron chi connectivity index (χ4n) is 2.46. The van der Waals surface area contributed by atoms with Crippen molar-refractivity contribution >= 4 is 21.4 Å². The van der Waals surface area contributed by atoms with Gasteiger partial charge in [0.25, 0.3) is 0 Å². The fraction of sp³-hybridized carbons (Fsp3) is 0. The fourth-order valence-corrected chi connectivity index (χ4v) is 3.53. The monoisotopic (exact) mass is 305 g/mol. The summed E-state index contributed by atoms with van der Waals surface area (Å²) in [6, 6.07) is 21.0. The summed E-state index contributed by atoms with van der Waals surface area (Å²) in [4.78, 5) is 5.67. The van der Waals surface area contributed by atoms with Gasteiger partial charge in [0.05, 0.1) is 5.69 Å². The van der Waals surface area contributed by atoms with Gasteiger partial charge >= 0.3 is 0 Å². The number of nitrogens with zero attached hydrogens (tertiary/aromatic N) is 1. The molecule has 4 aromatic rings. The molecule has 0 atom stereocenters. The zero-order chi connectivity index (χ0) is 14.9. The summed E-state index contributed by atoms with van der Waals surface area (Å²) in [6.07, 6.45) is 1.90. The minimum absolute atomic E-state index is 0.210. The molecule has 0 saturated heterocycles. The molecule has 0 bridgehead atoms. The van der Waals surface area contributed by atoms with Crippen molar-refractivity contribution in [3.05, 3.63) is 78.7 Å². The highest BCUT2D eigenvalue weighted by Gasteiger charge is 2.07. The molecule has 2 aromatic heterocycles. The highest BCUT2D eigenvalue weighted by Crippen LogP contribution is 2.34. The number of rotatable bonds is 2. The molecule has 2 heterocycles. The Morgan fingerprint density at radius 1 is 0.818 bits per heavy atom. The first-order chi connectivity index (χ1) is 10.8. The number of halogens is 1. The molecule has 0 unspecified atom stereocenters. The van der Waals surface area contributed by atoms with E-state index in [1.165, 1.54) is 16.8 Å². The summed E-state index contributed by atoms with van der Waals surface area (Å²) < 4.78 is 14.2. The minimum Gasteiger partial charge on any atom is -0.256 e. The number of pyridine rings is 1. The molecule has 22 heavy (non-hydrogen) atoms. The first kappa shape index (κ1) is 13.2. The predicted octanol–water partition coefficient (Wildman–Crippen LogP) is 5.77. The third kappa shape index (κ3) is 2.40. The van der Waals surface area contributed by atoms with Crippen molar-refractivity contribution in [2.45, 2.75) is 0 Å². The third-order valence-electron chi connectivity index (χ3n) is 3.60. The average molecular weight is 305 g/mol. The number of aromatic nitrogens is 1. The Labute approximate surface area is 131 Å². The zero-order valence-electron chi connectivity index (χ0n) is 11.7. The van der Waals surface area contributed by atoms with E-state index in [-0.39, 0.29) is 5.82 Å². The van der Waals surface area contributed by atoms with E-state index < -0.39 is 0 Å². The van der Waals surface area contributed by atoms with Gasteiger partial charge in [0.2, 0.25) is 0 Å². The molecule has 106 valence electrons. The first-order valence-electron chi connectivity index (χ1n) is 7.00. The van der Waals surface area contributed by atoms with Gasteiger partial charge in [-0.05, 0) is 29.8 Å². The molecule has 1 nitrogen and oxygen atoms in total. The molecule has 4 rings (SSSR count). The zero-order valence-corrected chi connectivity index (χ0v) is 12.5. The summed E-state index contributed by atoms with van der Waals surface area (Å²) in [6.45, 7) is 0. The predicted molar refractivity (Wildman–Crippen MR) is 90.5 cm³/mol. The van der Waals surface area contributed by atoms with Crippen LogP contribution in [0, 0.1) is 5.82 Å². The average Bonchev–Trinajstić information content (AvgIpc) is 2.99. The molecular formula is C19H12FNS. The molecule has 0 aliphatic rings. The van der Waals surface area contributed by atoms with Crippen LogP contribution >= 0.6 is 11.3 Å². The summed E-state index contributed by atoms with van der Waals surface area (Å²) >= 11 is 1.70. The Balaban J connectivity index is 1.80. The molecule has 0 aliphatic heterocycles. The third-order valence-corrected chi connectivity index (χ3v) is 4.75. The molecule has 0 amide bonds. The van der Waals surface area contributed by atoms with Crippen LogP contribution in [0.2, 0.25) is 0 Å². The van der Waals surface area contributed by atoms with E-state index in [1.54, 1.807) is 11.3 Å². The molecule has 3 heteroatoms. The summed E-state index contributed by atoms with van der Waals surface area (Å²) in [7, 11) is 0. The van der Waals surface area contributed by atoms with E-state index in [2.05, 4.69) is 29.2 Å². The van der Waals surface area contributed by atoms with Gasteiger partial charge in [-0.15, -0.1) is 11.3 Å². The maximum atomic E-state index is 13.0. The lowest BCUT2D eigenvalue weighted by molar-refractivity contribution is 0.628. The molecule has 0 fully saturated rings. The molecule has 0 aliphatic carbocycles. The van der Waals surface area contributed by atoms with Gasteiger partial charge in [0.1, 0.15) is 5.82 Å². The summed E-state index contributed by atoms with van der Waals surface area (Å²) in [5, 5.41) is 1.11. The highest BCUT2D eigenvalue weighted by atomic mass is 32.1. The largest absolute Gasteiger partial charge is 0.256 e. The standard InChI is InChI=1S/C19H12FNS/c20-16-8-6-14(7-9-16)18-10-15-12-21-17(11-19(15)22-18)13-4-2-1-3-5-13/h1-12H. The van der Waals surface area contributed by atoms with Crippen LogP contribution in [0.1, 0.15) is 0 Å². The van der Waals surface area contributed by atoms with E-state index in [0.717, 1.165) is 27.1 Å². The van der Waals surface area contributed by atoms with Crippen molar-refractivity contribution < 1.29 is 4.39 Å². The van der Waals surface area contributed by atoms with Crippen LogP contribution in [0.5, 0.6) is 0 Å². The van der Waals surface area contributed by atoms with Gasteiger partial charge in [0, 0.05) is 26.7 Å². The van der Waals surface area contributed by atoms with Crippen LogP contribution in [0.25, 0.3) is 31.8 Å². The second-order valence-corrected chi connectivity index (χ2v) is 6.17. The van der Waals surface area contributed by atoms with Crippen LogP contribution in [0.4, 0.5) is 4.39 Å². The number of hydrogen-bond acceptors (Lipinski definition) is 2. The van der Waals surface area contributed by atoms with Crippen LogP contribution in [-0.4, -0.2) is 4.98 Å². The van der Waals surface area contributed by atoms with Crippen molar-refractivity contribution in [3.8, 4) is 21.7 Å². The van der Waals surface area contributed by atoms with E-state index in [9.17, 15) is 4.39 Å². The van der Waals surface area contributed by atoms with Crippen molar-refractivity contribution in [3.63, 3.8) is 0 Å². The Kier molecular flexibility index (Phi) is 3.20. The smallest absolute Gasteiger partial charge is 0.123 e. The maximum Gasteiger partial charge on any atom is 0.123 e. The Hall–Kier alpha value is -2.52.